The fourth-order valence-electron chi connectivity index (χ4n) is 1.99. The summed E-state index contributed by atoms with van der Waals surface area (Å²) >= 11 is 0. The minimum Gasteiger partial charge on any atom is -0.306 e. The topological polar surface area (TPSA) is 20.3 Å². The van der Waals surface area contributed by atoms with Gasteiger partial charge in [-0.25, -0.2) is 0 Å². The van der Waals surface area contributed by atoms with Gasteiger partial charge in [-0.3, -0.25) is 4.79 Å². The van der Waals surface area contributed by atoms with Gasteiger partial charge in [-0.1, -0.05) is 20.8 Å². The summed E-state index contributed by atoms with van der Waals surface area (Å²) in [4.78, 5) is 14.2. The third-order valence-corrected chi connectivity index (χ3v) is 2.73. The number of hydrogen-bond donors (Lipinski definition) is 0. The van der Waals surface area contributed by atoms with E-state index in [1.807, 2.05) is 20.8 Å². The summed E-state index contributed by atoms with van der Waals surface area (Å²) in [5, 5.41) is 0. The summed E-state index contributed by atoms with van der Waals surface area (Å²) in [5.74, 6) is 0.706. The normalized spacial score (nSPS) is 26.0. The zero-order valence-corrected chi connectivity index (χ0v) is 9.26. The molecule has 2 nitrogen and oxygen atoms in total. The predicted octanol–water partition coefficient (Wildman–Crippen LogP) is 1.94. The van der Waals surface area contributed by atoms with Crippen LogP contribution in [-0.4, -0.2) is 30.8 Å². The first-order chi connectivity index (χ1) is 5.91. The van der Waals surface area contributed by atoms with Crippen LogP contribution in [-0.2, 0) is 4.79 Å². The summed E-state index contributed by atoms with van der Waals surface area (Å²) in [6.07, 6.45) is 2.25. The van der Waals surface area contributed by atoms with Crippen LogP contribution in [0.15, 0.2) is 0 Å². The number of carbonyl (C=O) groups excluding carboxylic acids is 1. The summed E-state index contributed by atoms with van der Waals surface area (Å²) in [7, 11) is 2.10. The van der Waals surface area contributed by atoms with Crippen LogP contribution in [0.5, 0.6) is 0 Å². The van der Waals surface area contributed by atoms with Crippen molar-refractivity contribution in [2.45, 2.75) is 33.6 Å². The van der Waals surface area contributed by atoms with Crippen molar-refractivity contribution in [2.75, 3.05) is 20.1 Å². The van der Waals surface area contributed by atoms with Crippen LogP contribution in [0.2, 0.25) is 0 Å². The van der Waals surface area contributed by atoms with E-state index in [-0.39, 0.29) is 11.3 Å². The molecule has 0 aromatic rings. The molecule has 2 heteroatoms. The third kappa shape index (κ3) is 2.80. The smallest absolute Gasteiger partial charge is 0.142 e. The van der Waals surface area contributed by atoms with Gasteiger partial charge in [0.2, 0.25) is 0 Å². The van der Waals surface area contributed by atoms with E-state index in [2.05, 4.69) is 11.9 Å². The van der Waals surface area contributed by atoms with Crippen molar-refractivity contribution < 1.29 is 4.79 Å². The summed E-state index contributed by atoms with van der Waals surface area (Å²) < 4.78 is 0. The second kappa shape index (κ2) is 3.79. The second-order valence-corrected chi connectivity index (χ2v) is 5.22. The van der Waals surface area contributed by atoms with Crippen molar-refractivity contribution in [2.24, 2.45) is 11.3 Å². The van der Waals surface area contributed by atoms with Crippen LogP contribution >= 0.6 is 0 Å². The lowest BCUT2D eigenvalue weighted by molar-refractivity contribution is -0.132. The molecule has 0 aliphatic carbocycles. The number of rotatable bonds is 1. The number of Topliss-reactive ketones (excluding diaryl/α,β-unsaturated/α-hetero) is 1. The van der Waals surface area contributed by atoms with Gasteiger partial charge in [0.25, 0.3) is 0 Å². The van der Waals surface area contributed by atoms with Crippen LogP contribution in [0.25, 0.3) is 0 Å². The molecule has 1 heterocycles. The average Bonchev–Trinajstić information content (AvgIpc) is 2.01. The van der Waals surface area contributed by atoms with Crippen molar-refractivity contribution in [3.63, 3.8) is 0 Å². The Balaban J connectivity index is 2.56. The summed E-state index contributed by atoms with van der Waals surface area (Å²) in [6, 6.07) is 0. The molecule has 1 saturated heterocycles. The summed E-state index contributed by atoms with van der Waals surface area (Å²) in [5.41, 5.74) is -0.164. The fourth-order valence-corrected chi connectivity index (χ4v) is 1.99. The van der Waals surface area contributed by atoms with E-state index >= 15 is 0 Å². The first-order valence-corrected chi connectivity index (χ1v) is 5.14. The van der Waals surface area contributed by atoms with E-state index in [9.17, 15) is 4.79 Å². The second-order valence-electron chi connectivity index (χ2n) is 5.22. The van der Waals surface area contributed by atoms with Crippen molar-refractivity contribution in [1.82, 2.24) is 4.90 Å². The Labute approximate surface area is 81.3 Å². The number of carbonyl (C=O) groups is 1. The monoisotopic (exact) mass is 183 g/mol. The zero-order valence-electron chi connectivity index (χ0n) is 9.26. The molecule has 0 aromatic carbocycles. The van der Waals surface area contributed by atoms with E-state index < -0.39 is 0 Å². The van der Waals surface area contributed by atoms with Gasteiger partial charge >= 0.3 is 0 Å². The third-order valence-electron chi connectivity index (χ3n) is 2.73. The zero-order chi connectivity index (χ0) is 10.1. The Hall–Kier alpha value is -0.370. The molecule has 0 N–H and O–H groups in total. The molecule has 0 saturated carbocycles. The van der Waals surface area contributed by atoms with Crippen molar-refractivity contribution in [3.05, 3.63) is 0 Å². The molecule has 1 atom stereocenters. The fraction of sp³-hybridized carbons (Fsp3) is 0.909. The minimum atomic E-state index is -0.164. The predicted molar refractivity (Wildman–Crippen MR) is 54.7 cm³/mol. The molecule has 0 aromatic heterocycles. The molecule has 0 unspecified atom stereocenters. The maximum atomic E-state index is 11.9. The maximum Gasteiger partial charge on any atom is 0.142 e. The maximum absolute atomic E-state index is 11.9. The molecule has 0 bridgehead atoms. The van der Waals surface area contributed by atoms with Crippen molar-refractivity contribution in [3.8, 4) is 0 Å². The molecule has 1 aliphatic rings. The molecular formula is C11H21NO. The highest BCUT2D eigenvalue weighted by Gasteiger charge is 2.31. The van der Waals surface area contributed by atoms with Crippen LogP contribution in [0.3, 0.4) is 0 Å². The average molecular weight is 183 g/mol. The van der Waals surface area contributed by atoms with Gasteiger partial charge in [-0.05, 0) is 26.4 Å². The number of piperidine rings is 1. The molecule has 1 rings (SSSR count). The first kappa shape index (κ1) is 10.7. The van der Waals surface area contributed by atoms with E-state index in [4.69, 9.17) is 0 Å². The molecule has 13 heavy (non-hydrogen) atoms. The van der Waals surface area contributed by atoms with Crippen molar-refractivity contribution >= 4 is 5.78 Å². The molecule has 0 radical (unpaired) electrons. The quantitative estimate of drug-likeness (QED) is 0.619. The summed E-state index contributed by atoms with van der Waals surface area (Å²) in [6.45, 7) is 8.15. The highest BCUT2D eigenvalue weighted by Crippen LogP contribution is 2.25. The Morgan fingerprint density at radius 1 is 1.38 bits per heavy atom. The number of hydrogen-bond acceptors (Lipinski definition) is 2. The van der Waals surface area contributed by atoms with Gasteiger partial charge in [-0.15, -0.1) is 0 Å². The van der Waals surface area contributed by atoms with Gasteiger partial charge in [0, 0.05) is 17.9 Å². The van der Waals surface area contributed by atoms with E-state index in [0.29, 0.717) is 5.78 Å². The molecule has 0 spiro atoms. The highest BCUT2D eigenvalue weighted by atomic mass is 16.1. The van der Waals surface area contributed by atoms with Crippen LogP contribution in [0.1, 0.15) is 33.6 Å². The Morgan fingerprint density at radius 3 is 2.46 bits per heavy atom. The van der Waals surface area contributed by atoms with Gasteiger partial charge in [-0.2, -0.15) is 0 Å². The van der Waals surface area contributed by atoms with Gasteiger partial charge < -0.3 is 4.90 Å². The molecule has 1 aliphatic heterocycles. The van der Waals surface area contributed by atoms with Crippen LogP contribution in [0.4, 0.5) is 0 Å². The SMILES string of the molecule is CN1CCC[C@@H](C(=O)C(C)(C)C)C1. The van der Waals surface area contributed by atoms with E-state index in [1.54, 1.807) is 0 Å². The molecule has 1 fully saturated rings. The van der Waals surface area contributed by atoms with Gasteiger partial charge in [0.05, 0.1) is 0 Å². The number of likely N-dealkylation sites (tertiary alicyclic amines) is 1. The van der Waals surface area contributed by atoms with Crippen molar-refractivity contribution in [1.29, 1.82) is 0 Å². The van der Waals surface area contributed by atoms with Gasteiger partial charge in [0.1, 0.15) is 5.78 Å². The Morgan fingerprint density at radius 2 is 2.00 bits per heavy atom. The van der Waals surface area contributed by atoms with E-state index in [0.717, 1.165) is 19.5 Å². The first-order valence-electron chi connectivity index (χ1n) is 5.14. The molecular weight excluding hydrogens is 162 g/mol. The number of ketones is 1. The van der Waals surface area contributed by atoms with Gasteiger partial charge in [0.15, 0.2) is 0 Å². The lowest BCUT2D eigenvalue weighted by Crippen LogP contribution is -2.40. The van der Waals surface area contributed by atoms with E-state index in [1.165, 1.54) is 6.42 Å². The Kier molecular flexibility index (Phi) is 3.12. The lowest BCUT2D eigenvalue weighted by Gasteiger charge is -2.32. The molecule has 76 valence electrons. The minimum absolute atomic E-state index is 0.164. The number of nitrogens with zero attached hydrogens (tertiary/aromatic N) is 1. The lowest BCUT2D eigenvalue weighted by atomic mass is 9.80. The molecule has 0 amide bonds. The van der Waals surface area contributed by atoms with Crippen LogP contribution < -0.4 is 0 Å². The Bertz CT molecular complexity index is 193. The highest BCUT2D eigenvalue weighted by molar-refractivity contribution is 5.86. The largest absolute Gasteiger partial charge is 0.306 e. The van der Waals surface area contributed by atoms with Crippen LogP contribution in [0, 0.1) is 11.3 Å². The standard InChI is InChI=1S/C11H21NO/c1-11(2,3)10(13)9-6-5-7-12(4)8-9/h9H,5-8H2,1-4H3/t9-/m1/s1.